The van der Waals surface area contributed by atoms with Crippen molar-refractivity contribution in [3.63, 3.8) is 0 Å². The topological polar surface area (TPSA) is 83.8 Å². The Balaban J connectivity index is -0.000000268. The van der Waals surface area contributed by atoms with Crippen molar-refractivity contribution < 1.29 is 55.5 Å². The van der Waals surface area contributed by atoms with E-state index in [1.54, 1.807) is 0 Å². The summed E-state index contributed by atoms with van der Waals surface area (Å²) in [5.74, 6) is -0.897. The molecule has 128 valence electrons. The summed E-state index contributed by atoms with van der Waals surface area (Å²) in [6, 6.07) is 0. The van der Waals surface area contributed by atoms with Crippen molar-refractivity contribution in [2.75, 3.05) is 13.2 Å². The van der Waals surface area contributed by atoms with E-state index in [9.17, 15) is 9.59 Å². The van der Waals surface area contributed by atoms with Crippen LogP contribution in [0.25, 0.3) is 0 Å². The maximum absolute atomic E-state index is 11.0. The maximum atomic E-state index is 11.0. The van der Waals surface area contributed by atoms with Gasteiger partial charge in [0.15, 0.2) is 0 Å². The number of aliphatic hydroxyl groups excluding tert-OH is 2. The van der Waals surface area contributed by atoms with Crippen molar-refractivity contribution in [2.24, 2.45) is 0 Å². The number of hydrogen-bond donors (Lipinski definition) is 2. The van der Waals surface area contributed by atoms with Gasteiger partial charge in [0.05, 0.1) is 13.2 Å². The van der Waals surface area contributed by atoms with Crippen LogP contribution in [0.2, 0.25) is 0 Å². The van der Waals surface area contributed by atoms with Crippen LogP contribution in [-0.2, 0) is 14.3 Å². The minimum Gasteiger partial charge on any atom is -1.00 e. The number of esters is 2. The maximum Gasteiger partial charge on any atom is 1.00 e. The van der Waals surface area contributed by atoms with Gasteiger partial charge in [0.1, 0.15) is 0 Å². The first-order chi connectivity index (χ1) is 10.1. The molecule has 0 aromatic rings. The molecular weight excluding hydrogens is 295 g/mol. The van der Waals surface area contributed by atoms with E-state index >= 15 is 0 Å². The zero-order chi connectivity index (χ0) is 16.3. The van der Waals surface area contributed by atoms with E-state index in [0.29, 0.717) is 6.42 Å². The van der Waals surface area contributed by atoms with E-state index in [2.05, 4.69) is 11.7 Å². The van der Waals surface area contributed by atoms with Gasteiger partial charge in [-0.05, 0) is 6.42 Å². The summed E-state index contributed by atoms with van der Waals surface area (Å²) < 4.78 is 4.44. The van der Waals surface area contributed by atoms with Crippen LogP contribution in [0.15, 0.2) is 0 Å². The number of carbonyl (C=O) groups excluding carboxylic acids is 2. The minimum atomic E-state index is -0.508. The second kappa shape index (κ2) is 23.3. The molecule has 0 heterocycles. The van der Waals surface area contributed by atoms with Crippen LogP contribution >= 0.6 is 0 Å². The Kier molecular flexibility index (Phi) is 28.6. The van der Waals surface area contributed by atoms with E-state index < -0.39 is 5.97 Å². The molecule has 0 aliphatic carbocycles. The van der Waals surface area contributed by atoms with Crippen LogP contribution in [0.4, 0.5) is 0 Å². The molecule has 22 heavy (non-hydrogen) atoms. The van der Waals surface area contributed by atoms with Crippen LogP contribution in [-0.4, -0.2) is 35.4 Å². The summed E-state index contributed by atoms with van der Waals surface area (Å²) in [4.78, 5) is 21.5. The van der Waals surface area contributed by atoms with Crippen molar-refractivity contribution in [3.05, 3.63) is 0 Å². The Morgan fingerprint density at radius 3 is 1.64 bits per heavy atom. The number of hydrogen-bond acceptors (Lipinski definition) is 5. The monoisotopic (exact) mass is 328 g/mol. The summed E-state index contributed by atoms with van der Waals surface area (Å²) >= 11 is 0. The Morgan fingerprint density at radius 2 is 1.27 bits per heavy atom. The largest absolute Gasteiger partial charge is 1.00 e. The van der Waals surface area contributed by atoms with Crippen molar-refractivity contribution in [2.45, 2.75) is 78.1 Å². The number of ether oxygens (including phenoxy) is 1. The molecule has 0 saturated heterocycles. The van der Waals surface area contributed by atoms with Crippen molar-refractivity contribution in [1.82, 2.24) is 0 Å². The van der Waals surface area contributed by atoms with Gasteiger partial charge in [0.2, 0.25) is 0 Å². The number of aliphatic hydroxyl groups is 2. The molecular formula is C16H33NaO5. The van der Waals surface area contributed by atoms with E-state index in [-0.39, 0.29) is 50.2 Å². The fourth-order valence-corrected chi connectivity index (χ4v) is 1.79. The molecule has 0 aliphatic heterocycles. The average molecular weight is 328 g/mol. The standard InChI is InChI=1S/C14H26O3.C2H6O2.Na.H/c1-3-4-5-6-7-8-9-10-11-12-14(16)17-13(2)15;3-1-2-4;;/h3-12H2,1-2H3;3-4H,1-2H2;;/q;;+1;-1. The molecule has 0 rings (SSSR count). The van der Waals surface area contributed by atoms with Gasteiger partial charge in [0, 0.05) is 13.3 Å². The zero-order valence-electron chi connectivity index (χ0n) is 15.6. The Labute approximate surface area is 158 Å². The Hall–Kier alpha value is 0.0600. The summed E-state index contributed by atoms with van der Waals surface area (Å²) in [5.41, 5.74) is 0. The third kappa shape index (κ3) is 28.3. The number of carbonyl (C=O) groups is 2. The van der Waals surface area contributed by atoms with Crippen LogP contribution in [0, 0.1) is 0 Å². The van der Waals surface area contributed by atoms with Gasteiger partial charge in [-0.3, -0.25) is 9.59 Å². The molecule has 0 aromatic heterocycles. The first-order valence-corrected chi connectivity index (χ1v) is 8.01. The summed E-state index contributed by atoms with van der Waals surface area (Å²) in [5, 5.41) is 15.2. The van der Waals surface area contributed by atoms with Crippen LogP contribution in [0.1, 0.15) is 79.5 Å². The Morgan fingerprint density at radius 1 is 0.864 bits per heavy atom. The molecule has 0 aromatic carbocycles. The first kappa shape index (κ1) is 26.9. The van der Waals surface area contributed by atoms with Crippen molar-refractivity contribution in [1.29, 1.82) is 0 Å². The number of unbranched alkanes of at least 4 members (excludes halogenated alkanes) is 8. The van der Waals surface area contributed by atoms with Gasteiger partial charge < -0.3 is 16.4 Å². The third-order valence-corrected chi connectivity index (χ3v) is 2.84. The molecule has 0 unspecified atom stereocenters. The van der Waals surface area contributed by atoms with Gasteiger partial charge in [-0.15, -0.1) is 0 Å². The normalized spacial score (nSPS) is 9.27. The molecule has 2 N–H and O–H groups in total. The molecule has 0 radical (unpaired) electrons. The van der Waals surface area contributed by atoms with Crippen LogP contribution in [0.5, 0.6) is 0 Å². The summed E-state index contributed by atoms with van der Waals surface area (Å²) in [7, 11) is 0. The second-order valence-electron chi connectivity index (χ2n) is 4.99. The molecule has 0 atom stereocenters. The first-order valence-electron chi connectivity index (χ1n) is 8.01. The SMILES string of the molecule is CCCCCCCCCCCC(=O)OC(C)=O.OCCO.[H-].[Na+]. The van der Waals surface area contributed by atoms with Gasteiger partial charge in [-0.1, -0.05) is 58.3 Å². The fourth-order valence-electron chi connectivity index (χ4n) is 1.79. The van der Waals surface area contributed by atoms with Crippen molar-refractivity contribution >= 4 is 11.9 Å². The quantitative estimate of drug-likeness (QED) is 0.243. The third-order valence-electron chi connectivity index (χ3n) is 2.84. The van der Waals surface area contributed by atoms with Gasteiger partial charge in [-0.2, -0.15) is 0 Å². The van der Waals surface area contributed by atoms with Gasteiger partial charge in [0.25, 0.3) is 0 Å². The number of rotatable bonds is 11. The minimum absolute atomic E-state index is 0. The molecule has 0 spiro atoms. The van der Waals surface area contributed by atoms with E-state index in [4.69, 9.17) is 10.2 Å². The molecule has 0 amide bonds. The summed E-state index contributed by atoms with van der Waals surface area (Å²) in [6.07, 6.45) is 11.3. The molecule has 0 saturated carbocycles. The predicted molar refractivity (Wildman–Crippen MR) is 83.9 cm³/mol. The van der Waals surface area contributed by atoms with E-state index in [1.165, 1.54) is 51.9 Å². The van der Waals surface area contributed by atoms with Crippen molar-refractivity contribution in [3.8, 4) is 0 Å². The zero-order valence-corrected chi connectivity index (χ0v) is 16.6. The molecule has 5 nitrogen and oxygen atoms in total. The van der Waals surface area contributed by atoms with Gasteiger partial charge >= 0.3 is 41.5 Å². The molecule has 0 bridgehead atoms. The van der Waals surface area contributed by atoms with Gasteiger partial charge in [-0.25, -0.2) is 0 Å². The smallest absolute Gasteiger partial charge is 1.00 e. The van der Waals surface area contributed by atoms with Crippen LogP contribution < -0.4 is 29.6 Å². The Bertz CT molecular complexity index is 251. The second-order valence-corrected chi connectivity index (χ2v) is 4.99. The predicted octanol–water partition coefficient (Wildman–Crippen LogP) is 0.0845. The average Bonchev–Trinajstić information content (AvgIpc) is 2.45. The van der Waals surface area contributed by atoms with E-state index in [1.807, 2.05) is 0 Å². The molecule has 0 fully saturated rings. The van der Waals surface area contributed by atoms with Crippen LogP contribution in [0.3, 0.4) is 0 Å². The molecule has 0 aliphatic rings. The molecule has 6 heteroatoms. The van der Waals surface area contributed by atoms with E-state index in [0.717, 1.165) is 12.8 Å². The summed E-state index contributed by atoms with van der Waals surface area (Å²) in [6.45, 7) is 3.23. The fraction of sp³-hybridized carbons (Fsp3) is 0.875.